The Kier molecular flexibility index (Phi) is 6.16. The van der Waals surface area contributed by atoms with E-state index in [1.54, 1.807) is 6.07 Å². The van der Waals surface area contributed by atoms with E-state index in [1.165, 1.54) is 5.56 Å². The van der Waals surface area contributed by atoms with Gasteiger partial charge in [-0.05, 0) is 32.9 Å². The molecule has 1 atom stereocenters. The Morgan fingerprint density at radius 1 is 1.23 bits per heavy atom. The predicted molar refractivity (Wildman–Crippen MR) is 92.3 cm³/mol. The molecule has 4 nitrogen and oxygen atoms in total. The molecule has 0 aliphatic heterocycles. The minimum absolute atomic E-state index is 0.476. The first kappa shape index (κ1) is 16.7. The number of halogens is 1. The van der Waals surface area contributed by atoms with Crippen LogP contribution in [0.4, 0.5) is 5.82 Å². The summed E-state index contributed by atoms with van der Waals surface area (Å²) in [4.78, 5) is 10.7. The lowest BCUT2D eigenvalue weighted by molar-refractivity contribution is 0.242. The van der Waals surface area contributed by atoms with Gasteiger partial charge in [0.15, 0.2) is 0 Å². The predicted octanol–water partition coefficient (Wildman–Crippen LogP) is 3.76. The topological polar surface area (TPSA) is 41.1 Å². The smallest absolute Gasteiger partial charge is 0.134 e. The van der Waals surface area contributed by atoms with E-state index in [2.05, 4.69) is 58.4 Å². The zero-order valence-electron chi connectivity index (χ0n) is 13.4. The Hall–Kier alpha value is -1.65. The molecule has 0 saturated carbocycles. The van der Waals surface area contributed by atoms with Crippen molar-refractivity contribution < 1.29 is 0 Å². The number of hydrogen-bond donors (Lipinski definition) is 1. The zero-order chi connectivity index (χ0) is 15.9. The highest BCUT2D eigenvalue weighted by Gasteiger charge is 2.09. The highest BCUT2D eigenvalue weighted by atomic mass is 35.5. The SMILES string of the molecule is Cc1nc(Cl)cc(NCCC(C)N(C)Cc2ccccc2)n1. The van der Waals surface area contributed by atoms with Crippen LogP contribution in [0.1, 0.15) is 24.7 Å². The molecule has 22 heavy (non-hydrogen) atoms. The first-order valence-electron chi connectivity index (χ1n) is 7.54. The van der Waals surface area contributed by atoms with E-state index >= 15 is 0 Å². The van der Waals surface area contributed by atoms with Crippen LogP contribution in [0, 0.1) is 6.92 Å². The van der Waals surface area contributed by atoms with Crippen molar-refractivity contribution in [2.75, 3.05) is 18.9 Å². The average Bonchev–Trinajstić information content (AvgIpc) is 2.47. The molecule has 1 heterocycles. The monoisotopic (exact) mass is 318 g/mol. The molecule has 0 saturated heterocycles. The third kappa shape index (κ3) is 5.28. The molecule has 0 aliphatic carbocycles. The molecule has 0 radical (unpaired) electrons. The third-order valence-corrected chi connectivity index (χ3v) is 3.90. The van der Waals surface area contributed by atoms with Crippen molar-refractivity contribution in [3.05, 3.63) is 52.9 Å². The Balaban J connectivity index is 1.78. The summed E-state index contributed by atoms with van der Waals surface area (Å²) in [6.45, 7) is 5.89. The molecular formula is C17H23ClN4. The molecule has 1 N–H and O–H groups in total. The van der Waals surface area contributed by atoms with Gasteiger partial charge in [0, 0.05) is 25.2 Å². The maximum absolute atomic E-state index is 5.93. The third-order valence-electron chi connectivity index (χ3n) is 3.70. The summed E-state index contributed by atoms with van der Waals surface area (Å²) in [6, 6.07) is 12.8. The van der Waals surface area contributed by atoms with Crippen molar-refractivity contribution in [2.45, 2.75) is 32.9 Å². The van der Waals surface area contributed by atoms with E-state index in [1.807, 2.05) is 13.0 Å². The van der Waals surface area contributed by atoms with Crippen LogP contribution in [0.5, 0.6) is 0 Å². The normalized spacial score (nSPS) is 12.4. The van der Waals surface area contributed by atoms with Crippen molar-refractivity contribution in [2.24, 2.45) is 0 Å². The number of nitrogens with zero attached hydrogens (tertiary/aromatic N) is 3. The minimum Gasteiger partial charge on any atom is -0.370 e. The number of aryl methyl sites for hydroxylation is 1. The number of aromatic nitrogens is 2. The molecule has 5 heteroatoms. The van der Waals surface area contributed by atoms with E-state index in [4.69, 9.17) is 11.6 Å². The van der Waals surface area contributed by atoms with Gasteiger partial charge in [0.05, 0.1) is 0 Å². The average molecular weight is 319 g/mol. The summed E-state index contributed by atoms with van der Waals surface area (Å²) < 4.78 is 0. The Labute approximate surface area is 137 Å². The molecule has 2 aromatic rings. The molecule has 1 unspecified atom stereocenters. The molecule has 0 fully saturated rings. The van der Waals surface area contributed by atoms with Gasteiger partial charge in [0.2, 0.25) is 0 Å². The van der Waals surface area contributed by atoms with Gasteiger partial charge in [-0.2, -0.15) is 0 Å². The number of hydrogen-bond acceptors (Lipinski definition) is 4. The van der Waals surface area contributed by atoms with E-state index in [-0.39, 0.29) is 0 Å². The van der Waals surface area contributed by atoms with Crippen LogP contribution in [0.2, 0.25) is 5.15 Å². The fourth-order valence-electron chi connectivity index (χ4n) is 2.28. The van der Waals surface area contributed by atoms with Crippen molar-refractivity contribution in [3.63, 3.8) is 0 Å². The summed E-state index contributed by atoms with van der Waals surface area (Å²) in [5, 5.41) is 3.79. The Morgan fingerprint density at radius 3 is 2.64 bits per heavy atom. The highest BCUT2D eigenvalue weighted by Crippen LogP contribution is 2.12. The van der Waals surface area contributed by atoms with E-state index in [0.717, 1.165) is 25.3 Å². The molecule has 0 bridgehead atoms. The summed E-state index contributed by atoms with van der Waals surface area (Å²) in [6.07, 6.45) is 1.03. The van der Waals surface area contributed by atoms with Crippen LogP contribution in [0.15, 0.2) is 36.4 Å². The van der Waals surface area contributed by atoms with Gasteiger partial charge in [-0.3, -0.25) is 4.90 Å². The van der Waals surface area contributed by atoms with Crippen molar-refractivity contribution in [3.8, 4) is 0 Å². The molecule has 0 aliphatic rings. The number of nitrogens with one attached hydrogen (secondary N) is 1. The minimum atomic E-state index is 0.476. The van der Waals surface area contributed by atoms with Crippen molar-refractivity contribution >= 4 is 17.4 Å². The van der Waals surface area contributed by atoms with Gasteiger partial charge in [-0.25, -0.2) is 9.97 Å². The first-order valence-corrected chi connectivity index (χ1v) is 7.91. The molecular weight excluding hydrogens is 296 g/mol. The summed E-state index contributed by atoms with van der Waals surface area (Å²) >= 11 is 5.93. The maximum Gasteiger partial charge on any atom is 0.134 e. The van der Waals surface area contributed by atoms with Crippen molar-refractivity contribution in [1.82, 2.24) is 14.9 Å². The van der Waals surface area contributed by atoms with Gasteiger partial charge in [-0.15, -0.1) is 0 Å². The van der Waals surface area contributed by atoms with Crippen LogP contribution in [0.25, 0.3) is 0 Å². The second kappa shape index (κ2) is 8.11. The molecule has 0 amide bonds. The quantitative estimate of drug-likeness (QED) is 0.789. The Morgan fingerprint density at radius 2 is 1.95 bits per heavy atom. The second-order valence-electron chi connectivity index (χ2n) is 5.59. The number of anilines is 1. The summed E-state index contributed by atoms with van der Waals surface area (Å²) in [5.41, 5.74) is 1.34. The van der Waals surface area contributed by atoms with Gasteiger partial charge in [0.25, 0.3) is 0 Å². The molecule has 0 spiro atoms. The fraction of sp³-hybridized carbons (Fsp3) is 0.412. The van der Waals surface area contributed by atoms with Crippen LogP contribution in [-0.4, -0.2) is 34.5 Å². The van der Waals surface area contributed by atoms with Gasteiger partial charge in [0.1, 0.15) is 16.8 Å². The molecule has 1 aromatic carbocycles. The van der Waals surface area contributed by atoms with E-state index in [0.29, 0.717) is 17.0 Å². The number of benzene rings is 1. The van der Waals surface area contributed by atoms with Crippen LogP contribution < -0.4 is 5.32 Å². The summed E-state index contributed by atoms with van der Waals surface area (Å²) in [7, 11) is 2.16. The lowest BCUT2D eigenvalue weighted by Gasteiger charge is -2.25. The summed E-state index contributed by atoms with van der Waals surface area (Å²) in [5.74, 6) is 1.47. The van der Waals surface area contributed by atoms with Gasteiger partial charge in [-0.1, -0.05) is 41.9 Å². The van der Waals surface area contributed by atoms with Crippen LogP contribution in [0.3, 0.4) is 0 Å². The first-order chi connectivity index (χ1) is 10.5. The van der Waals surface area contributed by atoms with Crippen LogP contribution >= 0.6 is 11.6 Å². The molecule has 118 valence electrons. The zero-order valence-corrected chi connectivity index (χ0v) is 14.1. The van der Waals surface area contributed by atoms with E-state index in [9.17, 15) is 0 Å². The maximum atomic E-state index is 5.93. The standard InChI is InChI=1S/C17H23ClN4/c1-13(22(3)12-15-7-5-4-6-8-15)9-10-19-17-11-16(18)20-14(2)21-17/h4-8,11,13H,9-10,12H2,1-3H3,(H,19,20,21). The fourth-order valence-corrected chi connectivity index (χ4v) is 2.50. The van der Waals surface area contributed by atoms with Gasteiger partial charge < -0.3 is 5.32 Å². The second-order valence-corrected chi connectivity index (χ2v) is 5.98. The lowest BCUT2D eigenvalue weighted by atomic mass is 10.1. The Bertz CT molecular complexity index is 568. The van der Waals surface area contributed by atoms with Crippen LogP contribution in [-0.2, 0) is 6.54 Å². The highest BCUT2D eigenvalue weighted by molar-refractivity contribution is 6.29. The molecule has 2 rings (SSSR count). The lowest BCUT2D eigenvalue weighted by Crippen LogP contribution is -2.30. The molecule has 1 aromatic heterocycles. The van der Waals surface area contributed by atoms with Gasteiger partial charge >= 0.3 is 0 Å². The largest absolute Gasteiger partial charge is 0.370 e. The number of rotatable bonds is 7. The van der Waals surface area contributed by atoms with Crippen molar-refractivity contribution in [1.29, 1.82) is 0 Å². The van der Waals surface area contributed by atoms with E-state index < -0.39 is 0 Å².